The van der Waals surface area contributed by atoms with Gasteiger partial charge in [0.1, 0.15) is 12.4 Å². The van der Waals surface area contributed by atoms with Crippen LogP contribution in [0.3, 0.4) is 0 Å². The molecule has 8 heteroatoms. The van der Waals surface area contributed by atoms with Crippen molar-refractivity contribution in [3.05, 3.63) is 18.2 Å². The van der Waals surface area contributed by atoms with E-state index in [1.165, 1.54) is 17.0 Å². The number of alkyl halides is 3. The van der Waals surface area contributed by atoms with Gasteiger partial charge in [-0.3, -0.25) is 9.80 Å². The second-order valence-electron chi connectivity index (χ2n) is 5.40. The van der Waals surface area contributed by atoms with Crippen molar-refractivity contribution < 1.29 is 17.9 Å². The Morgan fingerprint density at radius 3 is 2.50 bits per heavy atom. The highest BCUT2D eigenvalue weighted by atomic mass is 19.4. The first-order valence-corrected chi connectivity index (χ1v) is 7.57. The summed E-state index contributed by atoms with van der Waals surface area (Å²) in [6.07, 6.45) is -1.39. The minimum absolute atomic E-state index is 0.461. The van der Waals surface area contributed by atoms with Crippen LogP contribution in [0.2, 0.25) is 0 Å². The van der Waals surface area contributed by atoms with E-state index in [0.717, 1.165) is 45.9 Å². The van der Waals surface area contributed by atoms with Crippen LogP contribution in [-0.4, -0.2) is 71.5 Å². The number of piperazine rings is 1. The van der Waals surface area contributed by atoms with Gasteiger partial charge in [-0.25, -0.2) is 4.98 Å². The molecule has 22 heavy (non-hydrogen) atoms. The van der Waals surface area contributed by atoms with Gasteiger partial charge in [-0.1, -0.05) is 0 Å². The summed E-state index contributed by atoms with van der Waals surface area (Å²) in [5, 5.41) is 0. The molecule has 0 aromatic carbocycles. The fraction of sp³-hybridized carbons (Fsp3) is 0.786. The van der Waals surface area contributed by atoms with Crippen molar-refractivity contribution in [2.75, 3.05) is 45.9 Å². The molecule has 1 saturated heterocycles. The van der Waals surface area contributed by atoms with Crippen LogP contribution >= 0.6 is 0 Å². The van der Waals surface area contributed by atoms with Crippen LogP contribution in [0.25, 0.3) is 0 Å². The van der Waals surface area contributed by atoms with E-state index in [0.29, 0.717) is 12.4 Å². The molecule has 2 heterocycles. The maximum atomic E-state index is 12.5. The van der Waals surface area contributed by atoms with Crippen LogP contribution in [-0.2, 0) is 17.8 Å². The van der Waals surface area contributed by atoms with Gasteiger partial charge in [0.15, 0.2) is 0 Å². The lowest BCUT2D eigenvalue weighted by Gasteiger charge is -2.34. The molecule has 0 N–H and O–H groups in total. The van der Waals surface area contributed by atoms with E-state index >= 15 is 0 Å². The van der Waals surface area contributed by atoms with E-state index < -0.39 is 12.7 Å². The summed E-state index contributed by atoms with van der Waals surface area (Å²) < 4.78 is 44.0. The molecule has 0 saturated carbocycles. The van der Waals surface area contributed by atoms with Crippen molar-refractivity contribution in [1.29, 1.82) is 0 Å². The van der Waals surface area contributed by atoms with Crippen LogP contribution in [0.5, 0.6) is 0 Å². The van der Waals surface area contributed by atoms with Crippen molar-refractivity contribution in [3.8, 4) is 0 Å². The van der Waals surface area contributed by atoms with Gasteiger partial charge in [0.25, 0.3) is 0 Å². The zero-order valence-corrected chi connectivity index (χ0v) is 12.8. The van der Waals surface area contributed by atoms with E-state index in [1.807, 2.05) is 6.92 Å². The van der Waals surface area contributed by atoms with Crippen molar-refractivity contribution in [3.63, 3.8) is 0 Å². The third kappa shape index (κ3) is 5.58. The number of hydrogen-bond donors (Lipinski definition) is 0. The Labute approximate surface area is 128 Å². The van der Waals surface area contributed by atoms with Crippen LogP contribution in [0.15, 0.2) is 12.4 Å². The third-order valence-electron chi connectivity index (χ3n) is 3.74. The van der Waals surface area contributed by atoms with E-state index in [-0.39, 0.29) is 0 Å². The number of aromatic nitrogens is 2. The summed E-state index contributed by atoms with van der Waals surface area (Å²) in [5.41, 5.74) is 0. The number of imidazole rings is 1. The van der Waals surface area contributed by atoms with E-state index in [9.17, 15) is 13.2 Å². The summed E-state index contributed by atoms with van der Waals surface area (Å²) in [5.74, 6) is 0.472. The van der Waals surface area contributed by atoms with E-state index in [1.54, 1.807) is 0 Å². The molecule has 0 atom stereocenters. The molecular formula is C14H23F3N4O. The summed E-state index contributed by atoms with van der Waals surface area (Å²) in [4.78, 5) is 8.52. The highest BCUT2D eigenvalue weighted by Gasteiger charge is 2.29. The Balaban J connectivity index is 1.78. The lowest BCUT2D eigenvalue weighted by molar-refractivity contribution is -0.141. The monoisotopic (exact) mass is 320 g/mol. The Bertz CT molecular complexity index is 442. The van der Waals surface area contributed by atoms with Gasteiger partial charge in [-0.05, 0) is 6.92 Å². The van der Waals surface area contributed by atoms with Gasteiger partial charge in [-0.2, -0.15) is 13.2 Å². The van der Waals surface area contributed by atoms with Crippen molar-refractivity contribution in [2.24, 2.45) is 0 Å². The van der Waals surface area contributed by atoms with Gasteiger partial charge in [0.2, 0.25) is 0 Å². The molecule has 1 fully saturated rings. The first-order chi connectivity index (χ1) is 10.5. The summed E-state index contributed by atoms with van der Waals surface area (Å²) in [6, 6.07) is 0. The molecule has 1 aliphatic rings. The van der Waals surface area contributed by atoms with Crippen LogP contribution < -0.4 is 0 Å². The molecule has 0 aliphatic carbocycles. The molecule has 1 aliphatic heterocycles. The third-order valence-corrected chi connectivity index (χ3v) is 3.74. The standard InChI is InChI=1S/C14H23F3N4O/c1-2-22-10-9-19-5-7-20(8-6-19)11-13-18-3-4-21(13)12-14(15,16)17/h3-4H,2,5-12H2,1H3. The Morgan fingerprint density at radius 2 is 1.86 bits per heavy atom. The van der Waals surface area contributed by atoms with Gasteiger partial charge < -0.3 is 9.30 Å². The molecule has 0 amide bonds. The molecule has 5 nitrogen and oxygen atoms in total. The molecule has 0 bridgehead atoms. The Kier molecular flexibility index (Phi) is 6.22. The van der Waals surface area contributed by atoms with Crippen molar-refractivity contribution in [2.45, 2.75) is 26.2 Å². The first-order valence-electron chi connectivity index (χ1n) is 7.57. The minimum atomic E-state index is -4.21. The average molecular weight is 320 g/mol. The summed E-state index contributed by atoms with van der Waals surface area (Å²) >= 11 is 0. The largest absolute Gasteiger partial charge is 0.406 e. The summed E-state index contributed by atoms with van der Waals surface area (Å²) in [6.45, 7) is 7.31. The highest BCUT2D eigenvalue weighted by molar-refractivity contribution is 4.94. The van der Waals surface area contributed by atoms with Crippen LogP contribution in [0.4, 0.5) is 13.2 Å². The van der Waals surface area contributed by atoms with Gasteiger partial charge in [0.05, 0.1) is 13.2 Å². The topological polar surface area (TPSA) is 33.5 Å². The number of nitrogens with zero attached hydrogens (tertiary/aromatic N) is 4. The molecular weight excluding hydrogens is 297 g/mol. The normalized spacial score (nSPS) is 18.0. The molecule has 1 aromatic rings. The van der Waals surface area contributed by atoms with E-state index in [4.69, 9.17) is 4.74 Å². The first kappa shape index (κ1) is 17.2. The Hall–Kier alpha value is -1.12. The minimum Gasteiger partial charge on any atom is -0.380 e. The number of ether oxygens (including phenoxy) is 1. The average Bonchev–Trinajstić information content (AvgIpc) is 2.86. The second kappa shape index (κ2) is 7.94. The van der Waals surface area contributed by atoms with Gasteiger partial charge in [0, 0.05) is 51.7 Å². The number of halogens is 3. The predicted molar refractivity (Wildman–Crippen MR) is 76.5 cm³/mol. The fourth-order valence-electron chi connectivity index (χ4n) is 2.54. The number of rotatable bonds is 7. The maximum Gasteiger partial charge on any atom is 0.406 e. The molecule has 2 rings (SSSR count). The lowest BCUT2D eigenvalue weighted by atomic mass is 10.3. The quantitative estimate of drug-likeness (QED) is 0.715. The zero-order chi connectivity index (χ0) is 16.0. The molecule has 0 spiro atoms. The maximum absolute atomic E-state index is 12.5. The molecule has 0 unspecified atom stereocenters. The zero-order valence-electron chi connectivity index (χ0n) is 12.8. The van der Waals surface area contributed by atoms with E-state index in [2.05, 4.69) is 14.8 Å². The summed E-state index contributed by atoms with van der Waals surface area (Å²) in [7, 11) is 0. The van der Waals surface area contributed by atoms with Crippen molar-refractivity contribution in [1.82, 2.24) is 19.4 Å². The van der Waals surface area contributed by atoms with Crippen LogP contribution in [0.1, 0.15) is 12.7 Å². The smallest absolute Gasteiger partial charge is 0.380 e. The van der Waals surface area contributed by atoms with Crippen molar-refractivity contribution >= 4 is 0 Å². The Morgan fingerprint density at radius 1 is 1.18 bits per heavy atom. The highest BCUT2D eigenvalue weighted by Crippen LogP contribution is 2.19. The molecule has 0 radical (unpaired) electrons. The lowest BCUT2D eigenvalue weighted by Crippen LogP contribution is -2.47. The van der Waals surface area contributed by atoms with Gasteiger partial charge >= 0.3 is 6.18 Å². The molecule has 1 aromatic heterocycles. The fourth-order valence-corrected chi connectivity index (χ4v) is 2.54. The number of hydrogen-bond acceptors (Lipinski definition) is 4. The predicted octanol–water partition coefficient (Wildman–Crippen LogP) is 1.60. The van der Waals surface area contributed by atoms with Crippen LogP contribution in [0, 0.1) is 0 Å². The van der Waals surface area contributed by atoms with Gasteiger partial charge in [-0.15, -0.1) is 0 Å². The SMILES string of the molecule is CCOCCN1CCN(Cc2nccn2CC(F)(F)F)CC1. The second-order valence-corrected chi connectivity index (χ2v) is 5.40. The molecule has 126 valence electrons.